The van der Waals surface area contributed by atoms with E-state index in [1.54, 1.807) is 0 Å². The van der Waals surface area contributed by atoms with Crippen LogP contribution in [0.5, 0.6) is 0 Å². The van der Waals surface area contributed by atoms with Gasteiger partial charge in [-0.3, -0.25) is 4.55 Å². The Bertz CT molecular complexity index is 447. The first-order valence-corrected chi connectivity index (χ1v) is 8.00. The highest BCUT2D eigenvalue weighted by Crippen LogP contribution is 2.03. The Kier molecular flexibility index (Phi) is 2.89. The zero-order chi connectivity index (χ0) is 10.2. The van der Waals surface area contributed by atoms with Crippen LogP contribution < -0.4 is 0 Å². The second-order valence-electron chi connectivity index (χ2n) is 2.03. The summed E-state index contributed by atoms with van der Waals surface area (Å²) in [5.41, 5.74) is 0. The van der Waals surface area contributed by atoms with Gasteiger partial charge in [-0.2, -0.15) is 8.42 Å². The van der Waals surface area contributed by atoms with E-state index in [-0.39, 0.29) is 0 Å². The van der Waals surface area contributed by atoms with Crippen molar-refractivity contribution in [3.05, 3.63) is 0 Å². The SMILES string of the molecule is CS(=O)(=O)CS(=O)(=O)S(=O)(=O)O. The maximum atomic E-state index is 10.5. The van der Waals surface area contributed by atoms with Crippen molar-refractivity contribution in [1.29, 1.82) is 0 Å². The normalized spacial score (nSPS) is 14.5. The molecule has 0 aromatic carbocycles. The van der Waals surface area contributed by atoms with Crippen LogP contribution in [0.4, 0.5) is 0 Å². The zero-order valence-electron chi connectivity index (χ0n) is 5.83. The van der Waals surface area contributed by atoms with Gasteiger partial charge < -0.3 is 0 Å². The van der Waals surface area contributed by atoms with Crippen LogP contribution in [0.1, 0.15) is 0 Å². The minimum atomic E-state index is -5.34. The van der Waals surface area contributed by atoms with E-state index < -0.39 is 32.9 Å². The first-order chi connectivity index (χ1) is 4.96. The van der Waals surface area contributed by atoms with E-state index in [0.717, 1.165) is 0 Å². The molecule has 0 aromatic rings. The van der Waals surface area contributed by atoms with Gasteiger partial charge in [0.25, 0.3) is 8.87 Å². The van der Waals surface area contributed by atoms with Crippen LogP contribution in [0, 0.1) is 0 Å². The molecular weight excluding hydrogens is 232 g/mol. The van der Waals surface area contributed by atoms with E-state index in [9.17, 15) is 25.3 Å². The standard InChI is InChI=1S/C2H6O7S3/c1-10(3,4)2-11(5,6)12(7,8)9/h2H2,1H3,(H,7,8,9). The lowest BCUT2D eigenvalue weighted by atomic mass is 11.9. The molecular formula is C2H6O7S3. The van der Waals surface area contributed by atoms with Gasteiger partial charge in [-0.15, -0.1) is 0 Å². The van der Waals surface area contributed by atoms with Crippen molar-refractivity contribution in [3.63, 3.8) is 0 Å². The summed E-state index contributed by atoms with van der Waals surface area (Å²) < 4.78 is 69.7. The molecule has 0 spiro atoms. The largest absolute Gasteiger partial charge is 0.373 e. The fraction of sp³-hybridized carbons (Fsp3) is 1.00. The Morgan fingerprint density at radius 1 is 1.00 bits per heavy atom. The summed E-state index contributed by atoms with van der Waals surface area (Å²) in [5, 5.41) is -1.61. The lowest BCUT2D eigenvalue weighted by Crippen LogP contribution is -2.22. The van der Waals surface area contributed by atoms with Gasteiger partial charge in [0, 0.05) is 6.26 Å². The molecule has 0 aromatic heterocycles. The van der Waals surface area contributed by atoms with E-state index in [1.165, 1.54) is 0 Å². The third-order valence-electron chi connectivity index (χ3n) is 0.679. The van der Waals surface area contributed by atoms with Crippen molar-refractivity contribution >= 4 is 27.9 Å². The van der Waals surface area contributed by atoms with Crippen molar-refractivity contribution in [3.8, 4) is 0 Å². The lowest BCUT2D eigenvalue weighted by Gasteiger charge is -1.96. The molecule has 0 aliphatic rings. The third kappa shape index (κ3) is 3.47. The monoisotopic (exact) mass is 238 g/mol. The average molecular weight is 238 g/mol. The van der Waals surface area contributed by atoms with Gasteiger partial charge in [0.1, 0.15) is 0 Å². The Morgan fingerprint density at radius 2 is 1.33 bits per heavy atom. The summed E-state index contributed by atoms with van der Waals surface area (Å²) >= 11 is 0. The molecule has 10 heteroatoms. The molecule has 0 rings (SSSR count). The molecule has 12 heavy (non-hydrogen) atoms. The highest BCUT2D eigenvalue weighted by atomic mass is 33.2. The summed E-state index contributed by atoms with van der Waals surface area (Å²) in [4.78, 5) is 0. The molecule has 1 N–H and O–H groups in total. The van der Waals surface area contributed by atoms with Crippen LogP contribution in [0.2, 0.25) is 0 Å². The summed E-state index contributed by atoms with van der Waals surface area (Å²) in [6.07, 6.45) is 0.537. The van der Waals surface area contributed by atoms with Crippen molar-refractivity contribution in [2.24, 2.45) is 0 Å². The topological polar surface area (TPSA) is 123 Å². The Balaban J connectivity index is 5.25. The fourth-order valence-electron chi connectivity index (χ4n) is 0.323. The highest BCUT2D eigenvalue weighted by molar-refractivity contribution is 8.66. The molecule has 0 aliphatic carbocycles. The van der Waals surface area contributed by atoms with Gasteiger partial charge in [0.15, 0.2) is 14.9 Å². The number of hydrogen-bond donors (Lipinski definition) is 1. The second-order valence-corrected chi connectivity index (χ2v) is 9.58. The molecule has 0 atom stereocenters. The van der Waals surface area contributed by atoms with E-state index in [2.05, 4.69) is 0 Å². The summed E-state index contributed by atoms with van der Waals surface area (Å²) in [6.45, 7) is 0. The Hall–Kier alpha value is -0.190. The van der Waals surface area contributed by atoms with Crippen molar-refractivity contribution in [2.75, 3.05) is 11.3 Å². The molecule has 0 aliphatic heterocycles. The van der Waals surface area contributed by atoms with Crippen LogP contribution in [0.3, 0.4) is 0 Å². The summed E-state index contributed by atoms with van der Waals surface area (Å²) in [7, 11) is -14.4. The fourth-order valence-corrected chi connectivity index (χ4v) is 5.57. The van der Waals surface area contributed by atoms with Crippen LogP contribution in [0.25, 0.3) is 0 Å². The van der Waals surface area contributed by atoms with Crippen molar-refractivity contribution in [1.82, 2.24) is 0 Å². The van der Waals surface area contributed by atoms with Crippen LogP contribution in [0.15, 0.2) is 0 Å². The number of rotatable bonds is 3. The van der Waals surface area contributed by atoms with Gasteiger partial charge in [-0.05, 0) is 0 Å². The van der Waals surface area contributed by atoms with Crippen LogP contribution in [-0.2, 0) is 27.9 Å². The molecule has 7 nitrogen and oxygen atoms in total. The minimum Gasteiger partial charge on any atom is -0.274 e. The zero-order valence-corrected chi connectivity index (χ0v) is 8.28. The number of hydrogen-bond acceptors (Lipinski definition) is 6. The maximum absolute atomic E-state index is 10.5. The van der Waals surface area contributed by atoms with Gasteiger partial charge in [-0.25, -0.2) is 16.8 Å². The van der Waals surface area contributed by atoms with E-state index in [1.807, 2.05) is 0 Å². The lowest BCUT2D eigenvalue weighted by molar-refractivity contribution is 0.493. The summed E-state index contributed by atoms with van der Waals surface area (Å²) in [6, 6.07) is 0. The third-order valence-corrected chi connectivity index (χ3v) is 6.98. The highest BCUT2D eigenvalue weighted by Gasteiger charge is 2.31. The molecule has 0 saturated heterocycles. The molecule has 0 unspecified atom stereocenters. The molecule has 0 fully saturated rings. The molecule has 0 radical (unpaired) electrons. The first kappa shape index (κ1) is 11.8. The van der Waals surface area contributed by atoms with E-state index in [4.69, 9.17) is 4.55 Å². The predicted molar refractivity (Wildman–Crippen MR) is 40.2 cm³/mol. The summed E-state index contributed by atoms with van der Waals surface area (Å²) in [5.74, 6) is 0. The second kappa shape index (κ2) is 2.94. The average Bonchev–Trinajstić information content (AvgIpc) is 1.52. The van der Waals surface area contributed by atoms with E-state index >= 15 is 0 Å². The van der Waals surface area contributed by atoms with Crippen molar-refractivity contribution < 1.29 is 29.8 Å². The number of sulfone groups is 1. The quantitative estimate of drug-likeness (QED) is 0.454. The Labute approximate surface area is 69.4 Å². The predicted octanol–water partition coefficient (Wildman–Crippen LogP) is -1.79. The molecule has 0 saturated carbocycles. The molecule has 0 heterocycles. The van der Waals surface area contributed by atoms with Gasteiger partial charge >= 0.3 is 9.15 Å². The minimum absolute atomic E-state index is 0.537. The van der Waals surface area contributed by atoms with Gasteiger partial charge in [-0.1, -0.05) is 0 Å². The van der Waals surface area contributed by atoms with Crippen LogP contribution >= 0.6 is 0 Å². The molecule has 74 valence electrons. The van der Waals surface area contributed by atoms with E-state index in [0.29, 0.717) is 6.26 Å². The van der Waals surface area contributed by atoms with Crippen molar-refractivity contribution in [2.45, 2.75) is 0 Å². The van der Waals surface area contributed by atoms with Gasteiger partial charge in [0.2, 0.25) is 0 Å². The van der Waals surface area contributed by atoms with Gasteiger partial charge in [0.05, 0.1) is 0 Å². The Morgan fingerprint density at radius 3 is 1.42 bits per heavy atom. The first-order valence-electron chi connectivity index (χ1n) is 2.33. The molecule has 0 bridgehead atoms. The van der Waals surface area contributed by atoms with Crippen LogP contribution in [-0.4, -0.2) is 41.1 Å². The maximum Gasteiger partial charge on any atom is 0.373 e. The smallest absolute Gasteiger partial charge is 0.274 e. The molecule has 0 amide bonds.